The fourth-order valence-corrected chi connectivity index (χ4v) is 2.84. The summed E-state index contributed by atoms with van der Waals surface area (Å²) in [6.07, 6.45) is 0. The van der Waals surface area contributed by atoms with Gasteiger partial charge >= 0.3 is 0 Å². The zero-order valence-corrected chi connectivity index (χ0v) is 12.1. The first-order valence-corrected chi connectivity index (χ1v) is 6.85. The van der Waals surface area contributed by atoms with Crippen LogP contribution in [0.4, 0.5) is 11.4 Å². The van der Waals surface area contributed by atoms with Crippen LogP contribution in [0, 0.1) is 10.1 Å². The number of aliphatic hydroxyl groups is 1. The molecule has 1 aliphatic rings. The predicted molar refractivity (Wildman–Crippen MR) is 82.1 cm³/mol. The van der Waals surface area contributed by atoms with Gasteiger partial charge in [0.15, 0.2) is 5.72 Å². The van der Waals surface area contributed by atoms with Crippen LogP contribution < -0.4 is 11.2 Å². The van der Waals surface area contributed by atoms with E-state index in [0.717, 1.165) is 5.01 Å². The molecule has 8 heteroatoms. The monoisotopic (exact) mass is 320 g/mol. The van der Waals surface area contributed by atoms with Gasteiger partial charge in [0.05, 0.1) is 11.6 Å². The van der Waals surface area contributed by atoms with Crippen LogP contribution in [0.1, 0.15) is 11.1 Å². The fraction of sp³-hybridized carbons (Fsp3) is 0.143. The van der Waals surface area contributed by atoms with Crippen LogP contribution in [0.3, 0.4) is 0 Å². The minimum Gasteiger partial charge on any atom is -0.371 e. The summed E-state index contributed by atoms with van der Waals surface area (Å²) in [5, 5.41) is 26.7. The molecule has 7 nitrogen and oxygen atoms in total. The standard InChI is InChI=1S/C14H13ClN4O3/c15-12-4-2-1-3-10(12)14(20)11-7-9(19(21)22)5-6-13(11)17-8-18(14)16/h1-7,17,20H,8,16H2. The zero-order valence-electron chi connectivity index (χ0n) is 11.4. The maximum absolute atomic E-state index is 11.2. The van der Waals surface area contributed by atoms with E-state index in [-0.39, 0.29) is 17.9 Å². The Balaban J connectivity index is 2.26. The lowest BCUT2D eigenvalue weighted by molar-refractivity contribution is -0.385. The van der Waals surface area contributed by atoms with Gasteiger partial charge in [-0.25, -0.2) is 0 Å². The average Bonchev–Trinajstić information content (AvgIpc) is 2.51. The van der Waals surface area contributed by atoms with Crippen LogP contribution in [0.2, 0.25) is 5.02 Å². The molecule has 1 heterocycles. The SMILES string of the molecule is NN1CNc2ccc([N+](=O)[O-])cc2C1(O)c1ccccc1Cl. The molecule has 3 rings (SSSR count). The number of nitrogens with one attached hydrogen (secondary N) is 1. The fourth-order valence-electron chi connectivity index (χ4n) is 2.57. The number of nitrogens with zero attached hydrogens (tertiary/aromatic N) is 2. The molecule has 0 bridgehead atoms. The molecule has 1 atom stereocenters. The van der Waals surface area contributed by atoms with E-state index in [1.807, 2.05) is 0 Å². The number of nitrogens with two attached hydrogens (primary N) is 1. The first-order chi connectivity index (χ1) is 10.4. The highest BCUT2D eigenvalue weighted by molar-refractivity contribution is 6.31. The second kappa shape index (κ2) is 5.22. The number of fused-ring (bicyclic) bond motifs is 1. The van der Waals surface area contributed by atoms with Crippen molar-refractivity contribution in [3.63, 3.8) is 0 Å². The van der Waals surface area contributed by atoms with Gasteiger partial charge < -0.3 is 10.4 Å². The van der Waals surface area contributed by atoms with Gasteiger partial charge in [-0.15, -0.1) is 0 Å². The van der Waals surface area contributed by atoms with Crippen molar-refractivity contribution in [3.05, 3.63) is 68.7 Å². The van der Waals surface area contributed by atoms with Gasteiger partial charge in [-0.1, -0.05) is 29.8 Å². The van der Waals surface area contributed by atoms with Gasteiger partial charge in [0, 0.05) is 34.0 Å². The predicted octanol–water partition coefficient (Wildman–Crippen LogP) is 2.00. The molecule has 0 fully saturated rings. The van der Waals surface area contributed by atoms with Crippen molar-refractivity contribution in [3.8, 4) is 0 Å². The second-order valence-corrected chi connectivity index (χ2v) is 5.35. The summed E-state index contributed by atoms with van der Waals surface area (Å²) in [7, 11) is 0. The van der Waals surface area contributed by atoms with Crippen molar-refractivity contribution in [1.29, 1.82) is 0 Å². The Kier molecular flexibility index (Phi) is 3.50. The third-order valence-electron chi connectivity index (χ3n) is 3.69. The van der Waals surface area contributed by atoms with Crippen LogP contribution in [-0.2, 0) is 5.72 Å². The van der Waals surface area contributed by atoms with Gasteiger partial charge in [0.1, 0.15) is 0 Å². The van der Waals surface area contributed by atoms with Gasteiger partial charge in [0.25, 0.3) is 5.69 Å². The lowest BCUT2D eigenvalue weighted by Gasteiger charge is -2.42. The van der Waals surface area contributed by atoms with E-state index in [1.165, 1.54) is 12.1 Å². The largest absolute Gasteiger partial charge is 0.371 e. The molecule has 1 unspecified atom stereocenters. The first kappa shape index (κ1) is 14.7. The molecule has 0 aromatic heterocycles. The summed E-state index contributed by atoms with van der Waals surface area (Å²) < 4.78 is 0. The number of hydrogen-bond acceptors (Lipinski definition) is 6. The third-order valence-corrected chi connectivity index (χ3v) is 4.02. The molecular formula is C14H13ClN4O3. The summed E-state index contributed by atoms with van der Waals surface area (Å²) >= 11 is 6.18. The zero-order chi connectivity index (χ0) is 15.9. The number of nitro benzene ring substituents is 1. The van der Waals surface area contributed by atoms with E-state index in [1.54, 1.807) is 30.3 Å². The second-order valence-electron chi connectivity index (χ2n) is 4.94. The molecule has 4 N–H and O–H groups in total. The topological polar surface area (TPSA) is 105 Å². The summed E-state index contributed by atoms with van der Waals surface area (Å²) in [4.78, 5) is 10.5. The van der Waals surface area contributed by atoms with Crippen molar-refractivity contribution in [2.24, 2.45) is 5.84 Å². The van der Waals surface area contributed by atoms with Crippen molar-refractivity contribution < 1.29 is 10.0 Å². The van der Waals surface area contributed by atoms with Gasteiger partial charge in [-0.3, -0.25) is 16.0 Å². The molecule has 0 saturated heterocycles. The Hall–Kier alpha value is -2.19. The molecule has 2 aromatic carbocycles. The molecule has 22 heavy (non-hydrogen) atoms. The Morgan fingerprint density at radius 2 is 2.05 bits per heavy atom. The minimum absolute atomic E-state index is 0.138. The van der Waals surface area contributed by atoms with Crippen LogP contribution in [-0.4, -0.2) is 21.7 Å². The summed E-state index contributed by atoms with van der Waals surface area (Å²) in [5.41, 5.74) is -0.688. The van der Waals surface area contributed by atoms with Crippen molar-refractivity contribution in [2.45, 2.75) is 5.72 Å². The maximum Gasteiger partial charge on any atom is 0.270 e. The normalized spacial score (nSPS) is 21.0. The average molecular weight is 321 g/mol. The summed E-state index contributed by atoms with van der Waals surface area (Å²) in [5.74, 6) is 5.95. The number of anilines is 1. The number of benzene rings is 2. The van der Waals surface area contributed by atoms with Crippen molar-refractivity contribution >= 4 is 23.0 Å². The molecule has 114 valence electrons. The van der Waals surface area contributed by atoms with Crippen molar-refractivity contribution in [1.82, 2.24) is 5.01 Å². The van der Waals surface area contributed by atoms with Gasteiger partial charge in [-0.2, -0.15) is 5.01 Å². The number of halogens is 1. The van der Waals surface area contributed by atoms with E-state index in [4.69, 9.17) is 17.4 Å². The number of rotatable bonds is 2. The maximum atomic E-state index is 11.2. The Morgan fingerprint density at radius 3 is 2.73 bits per heavy atom. The van der Waals surface area contributed by atoms with Crippen LogP contribution in [0.5, 0.6) is 0 Å². The van der Waals surface area contributed by atoms with Crippen LogP contribution >= 0.6 is 11.6 Å². The van der Waals surface area contributed by atoms with Gasteiger partial charge in [-0.05, 0) is 12.1 Å². The molecule has 0 amide bonds. The quantitative estimate of drug-likeness (QED) is 0.444. The van der Waals surface area contributed by atoms with E-state index >= 15 is 0 Å². The first-order valence-electron chi connectivity index (χ1n) is 6.47. The lowest BCUT2D eigenvalue weighted by Crippen LogP contribution is -2.56. The Labute approximate surface area is 131 Å². The Morgan fingerprint density at radius 1 is 1.32 bits per heavy atom. The summed E-state index contributed by atoms with van der Waals surface area (Å²) in [6.45, 7) is 0.159. The van der Waals surface area contributed by atoms with Gasteiger partial charge in [0.2, 0.25) is 0 Å². The molecule has 0 saturated carbocycles. The molecular weight excluding hydrogens is 308 g/mol. The number of hydrazine groups is 1. The number of non-ortho nitro benzene ring substituents is 1. The van der Waals surface area contributed by atoms with E-state index in [2.05, 4.69) is 5.32 Å². The highest BCUT2D eigenvalue weighted by Gasteiger charge is 2.43. The van der Waals surface area contributed by atoms with Crippen LogP contribution in [0.25, 0.3) is 0 Å². The van der Waals surface area contributed by atoms with Crippen LogP contribution in [0.15, 0.2) is 42.5 Å². The highest BCUT2D eigenvalue weighted by atomic mass is 35.5. The number of nitro groups is 1. The Bertz CT molecular complexity index is 755. The lowest BCUT2D eigenvalue weighted by atomic mass is 9.90. The molecule has 0 spiro atoms. The molecule has 1 aliphatic heterocycles. The van der Waals surface area contributed by atoms with E-state index < -0.39 is 10.6 Å². The molecule has 0 aliphatic carbocycles. The minimum atomic E-state index is -1.76. The smallest absolute Gasteiger partial charge is 0.270 e. The molecule has 2 aromatic rings. The highest BCUT2D eigenvalue weighted by Crippen LogP contribution is 2.42. The number of hydrogen-bond donors (Lipinski definition) is 3. The summed E-state index contributed by atoms with van der Waals surface area (Å²) in [6, 6.07) is 10.9. The molecule has 0 radical (unpaired) electrons. The van der Waals surface area contributed by atoms with Crippen molar-refractivity contribution in [2.75, 3.05) is 12.0 Å². The van der Waals surface area contributed by atoms with E-state index in [9.17, 15) is 15.2 Å². The third kappa shape index (κ3) is 2.11. The van der Waals surface area contributed by atoms with E-state index in [0.29, 0.717) is 16.3 Å².